The zero-order valence-electron chi connectivity index (χ0n) is 12.2. The Bertz CT molecular complexity index is 657. The molecular formula is C17H20BrNO. The van der Waals surface area contributed by atoms with Crippen molar-refractivity contribution >= 4 is 15.9 Å². The number of hydrogen-bond acceptors (Lipinski definition) is 1. The zero-order chi connectivity index (χ0) is 14.5. The van der Waals surface area contributed by atoms with Crippen LogP contribution >= 0.6 is 15.9 Å². The molecule has 1 N–H and O–H groups in total. The molecule has 1 heterocycles. The molecule has 0 saturated carbocycles. The summed E-state index contributed by atoms with van der Waals surface area (Å²) in [5, 5.41) is 10.4. The molecule has 1 aliphatic rings. The summed E-state index contributed by atoms with van der Waals surface area (Å²) in [7, 11) is 0. The van der Waals surface area contributed by atoms with E-state index in [1.807, 2.05) is 0 Å². The van der Waals surface area contributed by atoms with E-state index in [1.54, 1.807) is 0 Å². The van der Waals surface area contributed by atoms with E-state index in [4.69, 9.17) is 0 Å². The molecule has 0 bridgehead atoms. The van der Waals surface area contributed by atoms with Gasteiger partial charge in [-0.1, -0.05) is 26.0 Å². The monoisotopic (exact) mass is 333 g/mol. The fraction of sp³-hybridized carbons (Fsp3) is 0.412. The van der Waals surface area contributed by atoms with Gasteiger partial charge in [0.25, 0.3) is 0 Å². The van der Waals surface area contributed by atoms with Crippen LogP contribution in [0.2, 0.25) is 0 Å². The molecule has 0 spiro atoms. The van der Waals surface area contributed by atoms with Gasteiger partial charge in [-0.05, 0) is 58.8 Å². The lowest BCUT2D eigenvalue weighted by Gasteiger charge is -2.34. The van der Waals surface area contributed by atoms with Crippen LogP contribution in [0.1, 0.15) is 43.2 Å². The first-order chi connectivity index (χ1) is 9.39. The molecule has 0 saturated heterocycles. The summed E-state index contributed by atoms with van der Waals surface area (Å²) < 4.78 is 3.34. The van der Waals surface area contributed by atoms with Crippen LogP contribution in [0.25, 0.3) is 5.69 Å². The van der Waals surface area contributed by atoms with Crippen LogP contribution in [0.4, 0.5) is 0 Å². The topological polar surface area (TPSA) is 25.2 Å². The molecule has 1 aliphatic carbocycles. The van der Waals surface area contributed by atoms with Crippen molar-refractivity contribution in [3.63, 3.8) is 0 Å². The summed E-state index contributed by atoms with van der Waals surface area (Å²) >= 11 is 3.69. The first-order valence-electron chi connectivity index (χ1n) is 7.03. The number of rotatable bonds is 1. The Morgan fingerprint density at radius 2 is 2.05 bits per heavy atom. The van der Waals surface area contributed by atoms with E-state index in [0.29, 0.717) is 0 Å². The number of aryl methyl sites for hydroxylation is 1. The Labute approximate surface area is 128 Å². The molecule has 2 nitrogen and oxygen atoms in total. The van der Waals surface area contributed by atoms with Gasteiger partial charge in [-0.2, -0.15) is 0 Å². The fourth-order valence-corrected chi connectivity index (χ4v) is 3.63. The summed E-state index contributed by atoms with van der Waals surface area (Å²) in [6.45, 7) is 6.55. The van der Waals surface area contributed by atoms with Gasteiger partial charge in [0.1, 0.15) is 0 Å². The molecule has 1 aromatic carbocycles. The van der Waals surface area contributed by atoms with Crippen LogP contribution in [0.15, 0.2) is 34.9 Å². The summed E-state index contributed by atoms with van der Waals surface area (Å²) in [6.07, 6.45) is 3.55. The van der Waals surface area contributed by atoms with Crippen LogP contribution < -0.4 is 0 Å². The lowest BCUT2D eigenvalue weighted by atomic mass is 9.75. The van der Waals surface area contributed by atoms with Crippen LogP contribution in [-0.2, 0) is 6.42 Å². The van der Waals surface area contributed by atoms with Crippen molar-refractivity contribution in [2.45, 2.75) is 39.7 Å². The largest absolute Gasteiger partial charge is 0.388 e. The Morgan fingerprint density at radius 1 is 1.30 bits per heavy atom. The molecule has 1 atom stereocenters. The molecule has 1 unspecified atom stereocenters. The number of fused-ring (bicyclic) bond motifs is 1. The molecule has 1 aromatic heterocycles. The van der Waals surface area contributed by atoms with Crippen molar-refractivity contribution in [2.24, 2.45) is 5.41 Å². The van der Waals surface area contributed by atoms with Crippen molar-refractivity contribution in [3.8, 4) is 5.69 Å². The SMILES string of the molecule is Cc1cccc(-n2ccc3c2CC(C)(C)CC3O)c1Br. The highest BCUT2D eigenvalue weighted by Gasteiger charge is 2.33. The van der Waals surface area contributed by atoms with Crippen LogP contribution in [0, 0.1) is 12.3 Å². The van der Waals surface area contributed by atoms with Crippen molar-refractivity contribution in [2.75, 3.05) is 0 Å². The predicted molar refractivity (Wildman–Crippen MR) is 85.3 cm³/mol. The van der Waals surface area contributed by atoms with E-state index in [9.17, 15) is 5.11 Å². The van der Waals surface area contributed by atoms with Crippen molar-refractivity contribution in [1.29, 1.82) is 0 Å². The average Bonchev–Trinajstić information content (AvgIpc) is 2.75. The van der Waals surface area contributed by atoms with Crippen LogP contribution in [-0.4, -0.2) is 9.67 Å². The zero-order valence-corrected chi connectivity index (χ0v) is 13.7. The van der Waals surface area contributed by atoms with E-state index in [-0.39, 0.29) is 11.5 Å². The van der Waals surface area contributed by atoms with Gasteiger partial charge in [0, 0.05) is 21.9 Å². The highest BCUT2D eigenvalue weighted by molar-refractivity contribution is 9.10. The van der Waals surface area contributed by atoms with E-state index in [2.05, 4.69) is 71.7 Å². The molecule has 20 heavy (non-hydrogen) atoms. The predicted octanol–water partition coefficient (Wildman–Crippen LogP) is 4.55. The first kappa shape index (κ1) is 13.9. The van der Waals surface area contributed by atoms with E-state index in [1.165, 1.54) is 11.3 Å². The maximum atomic E-state index is 10.4. The smallest absolute Gasteiger partial charge is 0.0812 e. The van der Waals surface area contributed by atoms with Crippen LogP contribution in [0.3, 0.4) is 0 Å². The third kappa shape index (κ3) is 2.23. The molecule has 0 fully saturated rings. The minimum Gasteiger partial charge on any atom is -0.388 e. The Balaban J connectivity index is 2.16. The molecule has 0 aliphatic heterocycles. The maximum Gasteiger partial charge on any atom is 0.0812 e. The quantitative estimate of drug-likeness (QED) is 0.813. The molecule has 0 amide bonds. The Kier molecular flexibility index (Phi) is 3.30. The molecule has 0 radical (unpaired) electrons. The van der Waals surface area contributed by atoms with Gasteiger partial charge in [0.05, 0.1) is 11.8 Å². The number of halogens is 1. The number of hydrogen-bond donors (Lipinski definition) is 1. The van der Waals surface area contributed by atoms with Crippen molar-refractivity contribution in [1.82, 2.24) is 4.57 Å². The summed E-state index contributed by atoms with van der Waals surface area (Å²) in [4.78, 5) is 0. The van der Waals surface area contributed by atoms with Gasteiger partial charge in [-0.25, -0.2) is 0 Å². The highest BCUT2D eigenvalue weighted by Crippen LogP contribution is 2.42. The van der Waals surface area contributed by atoms with E-state index in [0.717, 1.165) is 28.6 Å². The van der Waals surface area contributed by atoms with Gasteiger partial charge in [-0.3, -0.25) is 0 Å². The molecule has 106 valence electrons. The molecule has 3 rings (SSSR count). The number of nitrogens with zero attached hydrogens (tertiary/aromatic N) is 1. The van der Waals surface area contributed by atoms with Gasteiger partial charge in [-0.15, -0.1) is 0 Å². The van der Waals surface area contributed by atoms with Gasteiger partial charge < -0.3 is 9.67 Å². The minimum absolute atomic E-state index is 0.138. The number of benzene rings is 1. The summed E-state index contributed by atoms with van der Waals surface area (Å²) in [5.41, 5.74) is 4.83. The molecular weight excluding hydrogens is 314 g/mol. The van der Waals surface area contributed by atoms with Crippen molar-refractivity contribution < 1.29 is 5.11 Å². The van der Waals surface area contributed by atoms with E-state index < -0.39 is 0 Å². The maximum absolute atomic E-state index is 10.4. The second kappa shape index (κ2) is 4.74. The third-order valence-electron chi connectivity index (χ3n) is 4.21. The first-order valence-corrected chi connectivity index (χ1v) is 7.82. The number of aliphatic hydroxyl groups excluding tert-OH is 1. The third-order valence-corrected chi connectivity index (χ3v) is 5.24. The summed E-state index contributed by atoms with van der Waals surface area (Å²) in [5.74, 6) is 0. The second-order valence-corrected chi connectivity index (χ2v) is 7.35. The normalized spacial score (nSPS) is 20.8. The van der Waals surface area contributed by atoms with Crippen molar-refractivity contribution in [3.05, 3.63) is 51.8 Å². The highest BCUT2D eigenvalue weighted by atomic mass is 79.9. The van der Waals surface area contributed by atoms with Gasteiger partial charge in [0.15, 0.2) is 0 Å². The second-order valence-electron chi connectivity index (χ2n) is 6.56. The standard InChI is InChI=1S/C17H20BrNO/c1-11-5-4-6-13(16(11)18)19-8-7-12-14(19)9-17(2,3)10-15(12)20/h4-8,15,20H,9-10H2,1-3H3. The minimum atomic E-state index is -0.349. The number of aromatic nitrogens is 1. The average molecular weight is 334 g/mol. The molecule has 2 aromatic rings. The van der Waals surface area contributed by atoms with Gasteiger partial charge in [0.2, 0.25) is 0 Å². The molecule has 3 heteroatoms. The Hall–Kier alpha value is -1.06. The fourth-order valence-electron chi connectivity index (χ4n) is 3.17. The Morgan fingerprint density at radius 3 is 2.80 bits per heavy atom. The van der Waals surface area contributed by atoms with Crippen LogP contribution in [0.5, 0.6) is 0 Å². The number of aliphatic hydroxyl groups is 1. The lowest BCUT2D eigenvalue weighted by molar-refractivity contribution is 0.0987. The van der Waals surface area contributed by atoms with Gasteiger partial charge >= 0.3 is 0 Å². The summed E-state index contributed by atoms with van der Waals surface area (Å²) in [6, 6.07) is 8.35. The van der Waals surface area contributed by atoms with E-state index >= 15 is 0 Å². The lowest BCUT2D eigenvalue weighted by Crippen LogP contribution is -2.26.